The Morgan fingerprint density at radius 2 is 1.45 bits per heavy atom. The van der Waals surface area contributed by atoms with Gasteiger partial charge in [0.05, 0.1) is 0 Å². The van der Waals surface area contributed by atoms with Gasteiger partial charge >= 0.3 is 0 Å². The highest BCUT2D eigenvalue weighted by atomic mass is 14.9. The van der Waals surface area contributed by atoms with Crippen LogP contribution in [-0.2, 0) is 0 Å². The highest BCUT2D eigenvalue weighted by molar-refractivity contribution is 5.26. The van der Waals surface area contributed by atoms with Crippen LogP contribution in [0.4, 0.5) is 0 Å². The topological polar surface area (TPSA) is 14.1 Å². The third-order valence-electron chi connectivity index (χ3n) is 1.77. The van der Waals surface area contributed by atoms with E-state index in [-0.39, 0.29) is 0 Å². The standard InChI is InChI=1S/C10H16N/c1-3-5-9-7-8-10(11-9)6-4-2/h7-8H,3-6H2,1-2H3. The summed E-state index contributed by atoms with van der Waals surface area (Å²) in [5.41, 5.74) is 2.52. The maximum Gasteiger partial charge on any atom is 0.0407 e. The van der Waals surface area contributed by atoms with E-state index in [1.165, 1.54) is 24.2 Å². The predicted octanol–water partition coefficient (Wildman–Crippen LogP) is 2.97. The van der Waals surface area contributed by atoms with Gasteiger partial charge in [0, 0.05) is 11.4 Å². The fraction of sp³-hybridized carbons (Fsp3) is 0.600. The van der Waals surface area contributed by atoms with Crippen LogP contribution in [0, 0.1) is 0 Å². The SMILES string of the molecule is CCCC1=CC=C(CCC)[N]1. The van der Waals surface area contributed by atoms with E-state index in [1.54, 1.807) is 0 Å². The van der Waals surface area contributed by atoms with Crippen molar-refractivity contribution in [1.29, 1.82) is 0 Å². The Kier molecular flexibility index (Phi) is 3.21. The van der Waals surface area contributed by atoms with E-state index < -0.39 is 0 Å². The van der Waals surface area contributed by atoms with E-state index in [0.29, 0.717) is 0 Å². The summed E-state index contributed by atoms with van der Waals surface area (Å²) < 4.78 is 0. The summed E-state index contributed by atoms with van der Waals surface area (Å²) in [5.74, 6) is 0. The zero-order chi connectivity index (χ0) is 8.10. The lowest BCUT2D eigenvalue weighted by Crippen LogP contribution is -1.99. The molecule has 1 nitrogen and oxygen atoms in total. The van der Waals surface area contributed by atoms with Crippen LogP contribution in [0.5, 0.6) is 0 Å². The smallest absolute Gasteiger partial charge is 0.0407 e. The second-order valence-corrected chi connectivity index (χ2v) is 2.93. The molecular formula is C10H16N. The Bertz CT molecular complexity index is 157. The van der Waals surface area contributed by atoms with Crippen LogP contribution >= 0.6 is 0 Å². The first-order valence-electron chi connectivity index (χ1n) is 4.48. The Morgan fingerprint density at radius 3 is 1.82 bits per heavy atom. The quantitative estimate of drug-likeness (QED) is 0.585. The van der Waals surface area contributed by atoms with Gasteiger partial charge in [-0.2, -0.15) is 0 Å². The van der Waals surface area contributed by atoms with Crippen molar-refractivity contribution in [2.75, 3.05) is 0 Å². The third-order valence-corrected chi connectivity index (χ3v) is 1.77. The van der Waals surface area contributed by atoms with Gasteiger partial charge in [-0.25, -0.2) is 0 Å². The average molecular weight is 150 g/mol. The van der Waals surface area contributed by atoms with Crippen LogP contribution in [0.15, 0.2) is 23.5 Å². The Morgan fingerprint density at radius 1 is 1.00 bits per heavy atom. The molecule has 0 bridgehead atoms. The molecule has 1 heteroatoms. The molecular weight excluding hydrogens is 134 g/mol. The van der Waals surface area contributed by atoms with Crippen LogP contribution in [0.25, 0.3) is 0 Å². The molecule has 1 heterocycles. The van der Waals surface area contributed by atoms with Gasteiger partial charge in [0.15, 0.2) is 0 Å². The monoisotopic (exact) mass is 150 g/mol. The van der Waals surface area contributed by atoms with Gasteiger partial charge in [-0.05, 0) is 25.0 Å². The van der Waals surface area contributed by atoms with Gasteiger partial charge < -0.3 is 0 Å². The van der Waals surface area contributed by atoms with E-state index >= 15 is 0 Å². The maximum atomic E-state index is 4.49. The summed E-state index contributed by atoms with van der Waals surface area (Å²) in [4.78, 5) is 0. The molecule has 0 N–H and O–H groups in total. The van der Waals surface area contributed by atoms with Crippen molar-refractivity contribution in [3.05, 3.63) is 23.5 Å². The van der Waals surface area contributed by atoms with Crippen LogP contribution in [0.1, 0.15) is 39.5 Å². The number of hydrogen-bond acceptors (Lipinski definition) is 0. The van der Waals surface area contributed by atoms with Gasteiger partial charge in [-0.15, -0.1) is 0 Å². The van der Waals surface area contributed by atoms with Gasteiger partial charge in [0.2, 0.25) is 0 Å². The lowest BCUT2D eigenvalue weighted by atomic mass is 10.2. The molecule has 1 rings (SSSR count). The van der Waals surface area contributed by atoms with Gasteiger partial charge in [0.25, 0.3) is 0 Å². The number of rotatable bonds is 4. The zero-order valence-electron chi connectivity index (χ0n) is 7.43. The largest absolute Gasteiger partial charge is 0.258 e. The predicted molar refractivity (Wildman–Crippen MR) is 48.1 cm³/mol. The van der Waals surface area contributed by atoms with Gasteiger partial charge in [-0.1, -0.05) is 26.7 Å². The van der Waals surface area contributed by atoms with E-state index in [0.717, 1.165) is 12.8 Å². The molecule has 11 heavy (non-hydrogen) atoms. The minimum atomic E-state index is 1.13. The van der Waals surface area contributed by atoms with Crippen molar-refractivity contribution in [2.24, 2.45) is 0 Å². The van der Waals surface area contributed by atoms with E-state index in [1.807, 2.05) is 0 Å². The molecule has 0 aliphatic carbocycles. The van der Waals surface area contributed by atoms with Crippen molar-refractivity contribution in [2.45, 2.75) is 39.5 Å². The molecule has 0 aromatic rings. The first-order chi connectivity index (χ1) is 5.36. The number of hydrogen-bond donors (Lipinski definition) is 0. The van der Waals surface area contributed by atoms with Crippen molar-refractivity contribution in [1.82, 2.24) is 5.32 Å². The van der Waals surface area contributed by atoms with Crippen LogP contribution in [-0.4, -0.2) is 0 Å². The lowest BCUT2D eigenvalue weighted by molar-refractivity contribution is 0.769. The molecule has 1 aliphatic heterocycles. The van der Waals surface area contributed by atoms with Crippen LogP contribution in [0.2, 0.25) is 0 Å². The summed E-state index contributed by atoms with van der Waals surface area (Å²) in [6.07, 6.45) is 8.95. The van der Waals surface area contributed by atoms with Gasteiger partial charge in [0.1, 0.15) is 0 Å². The zero-order valence-corrected chi connectivity index (χ0v) is 7.43. The molecule has 0 spiro atoms. The first kappa shape index (κ1) is 8.38. The number of allylic oxidation sites excluding steroid dienone is 4. The minimum Gasteiger partial charge on any atom is -0.258 e. The Balaban J connectivity index is 2.27. The fourth-order valence-corrected chi connectivity index (χ4v) is 1.24. The molecule has 61 valence electrons. The van der Waals surface area contributed by atoms with Crippen LogP contribution in [0.3, 0.4) is 0 Å². The average Bonchev–Trinajstić information content (AvgIpc) is 2.38. The molecule has 1 radical (unpaired) electrons. The molecule has 0 saturated carbocycles. The second kappa shape index (κ2) is 4.22. The Hall–Kier alpha value is -0.720. The minimum absolute atomic E-state index is 1.13. The summed E-state index contributed by atoms with van der Waals surface area (Å²) in [5, 5.41) is 4.49. The fourth-order valence-electron chi connectivity index (χ4n) is 1.24. The van der Waals surface area contributed by atoms with Crippen molar-refractivity contribution < 1.29 is 0 Å². The van der Waals surface area contributed by atoms with Crippen molar-refractivity contribution in [3.8, 4) is 0 Å². The highest BCUT2D eigenvalue weighted by Crippen LogP contribution is 2.16. The normalized spacial score (nSPS) is 15.8. The molecule has 0 saturated heterocycles. The van der Waals surface area contributed by atoms with E-state index in [9.17, 15) is 0 Å². The maximum absolute atomic E-state index is 4.49. The molecule has 0 unspecified atom stereocenters. The summed E-state index contributed by atoms with van der Waals surface area (Å²) in [6.45, 7) is 4.38. The molecule has 0 aromatic carbocycles. The molecule has 0 amide bonds. The molecule has 1 aliphatic rings. The Labute approximate surface area is 69.2 Å². The van der Waals surface area contributed by atoms with Crippen molar-refractivity contribution >= 4 is 0 Å². The summed E-state index contributed by atoms with van der Waals surface area (Å²) in [7, 11) is 0. The molecule has 0 fully saturated rings. The van der Waals surface area contributed by atoms with Crippen LogP contribution < -0.4 is 5.32 Å². The third kappa shape index (κ3) is 2.41. The lowest BCUT2D eigenvalue weighted by Gasteiger charge is -2.02. The molecule has 0 aromatic heterocycles. The number of nitrogens with zero attached hydrogens (tertiary/aromatic N) is 1. The molecule has 0 atom stereocenters. The van der Waals surface area contributed by atoms with Crippen molar-refractivity contribution in [3.63, 3.8) is 0 Å². The first-order valence-corrected chi connectivity index (χ1v) is 4.48. The van der Waals surface area contributed by atoms with E-state index in [4.69, 9.17) is 0 Å². The highest BCUT2D eigenvalue weighted by Gasteiger charge is 2.06. The van der Waals surface area contributed by atoms with E-state index in [2.05, 4.69) is 31.3 Å². The summed E-state index contributed by atoms with van der Waals surface area (Å²) in [6, 6.07) is 0. The van der Waals surface area contributed by atoms with Gasteiger partial charge in [-0.3, -0.25) is 5.32 Å². The second-order valence-electron chi connectivity index (χ2n) is 2.93. The summed E-state index contributed by atoms with van der Waals surface area (Å²) >= 11 is 0.